The van der Waals surface area contributed by atoms with Gasteiger partial charge in [-0.3, -0.25) is 4.79 Å². The van der Waals surface area contributed by atoms with E-state index in [-0.39, 0.29) is 24.3 Å². The SMILES string of the molecule is CCCCS(=O)(=O)CCCC(=O)O. The van der Waals surface area contributed by atoms with Crippen molar-refractivity contribution in [3.63, 3.8) is 0 Å². The fourth-order valence-electron chi connectivity index (χ4n) is 0.910. The van der Waals surface area contributed by atoms with Gasteiger partial charge < -0.3 is 5.11 Å². The maximum atomic E-state index is 11.2. The summed E-state index contributed by atoms with van der Waals surface area (Å²) < 4.78 is 22.4. The number of hydrogen-bond donors (Lipinski definition) is 1. The van der Waals surface area contributed by atoms with Gasteiger partial charge >= 0.3 is 5.97 Å². The number of unbranched alkanes of at least 4 members (excludes halogenated alkanes) is 1. The number of carboxylic acid groups (broad SMARTS) is 1. The molecule has 0 heterocycles. The lowest BCUT2D eigenvalue weighted by atomic mass is 10.3. The summed E-state index contributed by atoms with van der Waals surface area (Å²) in [7, 11) is -3.00. The van der Waals surface area contributed by atoms with E-state index in [4.69, 9.17) is 5.11 Å². The van der Waals surface area contributed by atoms with Crippen molar-refractivity contribution in [2.45, 2.75) is 32.6 Å². The Balaban J connectivity index is 3.70. The lowest BCUT2D eigenvalue weighted by molar-refractivity contribution is -0.137. The molecule has 0 rings (SSSR count). The molecule has 5 heteroatoms. The zero-order valence-corrected chi connectivity index (χ0v) is 8.64. The van der Waals surface area contributed by atoms with Crippen molar-refractivity contribution in [2.24, 2.45) is 0 Å². The Morgan fingerprint density at radius 3 is 2.23 bits per heavy atom. The van der Waals surface area contributed by atoms with E-state index < -0.39 is 15.8 Å². The fourth-order valence-corrected chi connectivity index (χ4v) is 2.43. The molecule has 0 saturated carbocycles. The van der Waals surface area contributed by atoms with Gasteiger partial charge in [0.25, 0.3) is 0 Å². The summed E-state index contributed by atoms with van der Waals surface area (Å²) in [6.45, 7) is 1.92. The number of sulfone groups is 1. The summed E-state index contributed by atoms with van der Waals surface area (Å²) in [5.74, 6) is -0.756. The van der Waals surface area contributed by atoms with E-state index in [1.165, 1.54) is 0 Å². The monoisotopic (exact) mass is 208 g/mol. The molecule has 0 amide bonds. The van der Waals surface area contributed by atoms with E-state index in [9.17, 15) is 13.2 Å². The predicted molar refractivity (Wildman–Crippen MR) is 50.4 cm³/mol. The summed E-state index contributed by atoms with van der Waals surface area (Å²) in [4.78, 5) is 10.1. The van der Waals surface area contributed by atoms with Crippen LogP contribution in [-0.4, -0.2) is 31.0 Å². The van der Waals surface area contributed by atoms with Crippen LogP contribution in [0.25, 0.3) is 0 Å². The fraction of sp³-hybridized carbons (Fsp3) is 0.875. The summed E-state index contributed by atoms with van der Waals surface area (Å²) in [6, 6.07) is 0. The minimum Gasteiger partial charge on any atom is -0.481 e. The van der Waals surface area contributed by atoms with E-state index in [1.54, 1.807) is 0 Å². The standard InChI is InChI=1S/C8H16O4S/c1-2-3-6-13(11,12)7-4-5-8(9)10/h2-7H2,1H3,(H,9,10). The average molecular weight is 208 g/mol. The van der Waals surface area contributed by atoms with Gasteiger partial charge in [0, 0.05) is 6.42 Å². The molecule has 13 heavy (non-hydrogen) atoms. The summed E-state index contributed by atoms with van der Waals surface area (Å²) in [6.07, 6.45) is 1.67. The van der Waals surface area contributed by atoms with Crippen molar-refractivity contribution in [3.8, 4) is 0 Å². The zero-order valence-electron chi connectivity index (χ0n) is 7.82. The van der Waals surface area contributed by atoms with Crippen molar-refractivity contribution in [3.05, 3.63) is 0 Å². The van der Waals surface area contributed by atoms with Crippen LogP contribution < -0.4 is 0 Å². The van der Waals surface area contributed by atoms with E-state index in [2.05, 4.69) is 0 Å². The van der Waals surface area contributed by atoms with E-state index in [0.29, 0.717) is 6.42 Å². The first-order valence-electron chi connectivity index (χ1n) is 4.40. The molecule has 0 aliphatic carbocycles. The van der Waals surface area contributed by atoms with Gasteiger partial charge in [-0.25, -0.2) is 8.42 Å². The van der Waals surface area contributed by atoms with E-state index in [0.717, 1.165) is 6.42 Å². The van der Waals surface area contributed by atoms with Crippen molar-refractivity contribution in [2.75, 3.05) is 11.5 Å². The Labute approximate surface area is 78.9 Å². The summed E-state index contributed by atoms with van der Waals surface area (Å²) >= 11 is 0. The second-order valence-electron chi connectivity index (χ2n) is 3.00. The Kier molecular flexibility index (Phi) is 5.70. The number of carbonyl (C=O) groups is 1. The zero-order chi connectivity index (χ0) is 10.3. The average Bonchev–Trinajstić information content (AvgIpc) is 2.00. The highest BCUT2D eigenvalue weighted by atomic mass is 32.2. The molecule has 0 aromatic rings. The molecule has 0 aromatic heterocycles. The smallest absolute Gasteiger partial charge is 0.303 e. The van der Waals surface area contributed by atoms with Crippen molar-refractivity contribution < 1.29 is 18.3 Å². The van der Waals surface area contributed by atoms with E-state index in [1.807, 2.05) is 6.92 Å². The van der Waals surface area contributed by atoms with Gasteiger partial charge in [-0.05, 0) is 12.8 Å². The second kappa shape index (κ2) is 5.96. The number of rotatable bonds is 7. The molecule has 0 aliphatic rings. The highest BCUT2D eigenvalue weighted by Crippen LogP contribution is 2.01. The van der Waals surface area contributed by atoms with Gasteiger partial charge in [0.15, 0.2) is 0 Å². The molecular weight excluding hydrogens is 192 g/mol. The second-order valence-corrected chi connectivity index (χ2v) is 5.31. The van der Waals surface area contributed by atoms with Gasteiger partial charge in [0.05, 0.1) is 11.5 Å². The molecule has 0 atom stereocenters. The van der Waals surface area contributed by atoms with Gasteiger partial charge in [-0.15, -0.1) is 0 Å². The third-order valence-electron chi connectivity index (χ3n) is 1.65. The number of carboxylic acids is 1. The van der Waals surface area contributed by atoms with Crippen LogP contribution in [-0.2, 0) is 14.6 Å². The van der Waals surface area contributed by atoms with Crippen LogP contribution in [0.4, 0.5) is 0 Å². The maximum Gasteiger partial charge on any atom is 0.303 e. The number of hydrogen-bond acceptors (Lipinski definition) is 3. The highest BCUT2D eigenvalue weighted by molar-refractivity contribution is 7.91. The Morgan fingerprint density at radius 2 is 1.77 bits per heavy atom. The lowest BCUT2D eigenvalue weighted by Gasteiger charge is -2.01. The minimum atomic E-state index is -3.00. The Bertz CT molecular complexity index is 243. The highest BCUT2D eigenvalue weighted by Gasteiger charge is 2.10. The number of aliphatic carboxylic acids is 1. The van der Waals surface area contributed by atoms with Crippen LogP contribution in [0.1, 0.15) is 32.6 Å². The van der Waals surface area contributed by atoms with Gasteiger partial charge in [-0.1, -0.05) is 13.3 Å². The lowest BCUT2D eigenvalue weighted by Crippen LogP contribution is -2.12. The van der Waals surface area contributed by atoms with Gasteiger partial charge in [-0.2, -0.15) is 0 Å². The largest absolute Gasteiger partial charge is 0.481 e. The van der Waals surface area contributed by atoms with Crippen LogP contribution in [0.5, 0.6) is 0 Å². The minimum absolute atomic E-state index is 0.000694. The molecule has 4 nitrogen and oxygen atoms in total. The Morgan fingerprint density at radius 1 is 1.23 bits per heavy atom. The van der Waals surface area contributed by atoms with Crippen LogP contribution in [0.2, 0.25) is 0 Å². The van der Waals surface area contributed by atoms with E-state index >= 15 is 0 Å². The molecule has 0 unspecified atom stereocenters. The molecule has 0 radical (unpaired) electrons. The molecule has 0 aliphatic heterocycles. The topological polar surface area (TPSA) is 71.4 Å². The van der Waals surface area contributed by atoms with Gasteiger partial charge in [0.1, 0.15) is 9.84 Å². The maximum absolute atomic E-state index is 11.2. The van der Waals surface area contributed by atoms with Crippen molar-refractivity contribution in [1.82, 2.24) is 0 Å². The third-order valence-corrected chi connectivity index (χ3v) is 3.48. The third kappa shape index (κ3) is 7.77. The molecular formula is C8H16O4S. The molecule has 0 saturated heterocycles. The molecule has 0 spiro atoms. The predicted octanol–water partition coefficient (Wildman–Crippen LogP) is 1.07. The van der Waals surface area contributed by atoms with Crippen molar-refractivity contribution >= 4 is 15.8 Å². The molecule has 0 aromatic carbocycles. The quantitative estimate of drug-likeness (QED) is 0.679. The van der Waals surface area contributed by atoms with Crippen LogP contribution in [0.3, 0.4) is 0 Å². The van der Waals surface area contributed by atoms with Crippen molar-refractivity contribution in [1.29, 1.82) is 0 Å². The summed E-state index contributed by atoms with van der Waals surface area (Å²) in [5.41, 5.74) is 0. The first-order chi connectivity index (χ1) is 5.98. The summed E-state index contributed by atoms with van der Waals surface area (Å²) in [5, 5.41) is 8.29. The first-order valence-corrected chi connectivity index (χ1v) is 6.22. The molecule has 0 bridgehead atoms. The molecule has 0 fully saturated rings. The van der Waals surface area contributed by atoms with Gasteiger partial charge in [0.2, 0.25) is 0 Å². The van der Waals surface area contributed by atoms with Crippen LogP contribution >= 0.6 is 0 Å². The molecule has 78 valence electrons. The normalized spacial score (nSPS) is 11.5. The molecule has 1 N–H and O–H groups in total. The van der Waals surface area contributed by atoms with Crippen LogP contribution in [0, 0.1) is 0 Å². The Hall–Kier alpha value is -0.580. The first kappa shape index (κ1) is 12.4. The van der Waals surface area contributed by atoms with Crippen LogP contribution in [0.15, 0.2) is 0 Å².